The Kier molecular flexibility index (Phi) is 4.19. The van der Waals surface area contributed by atoms with Crippen LogP contribution in [0.3, 0.4) is 0 Å². The van der Waals surface area contributed by atoms with Crippen molar-refractivity contribution in [2.75, 3.05) is 6.54 Å². The predicted octanol–water partition coefficient (Wildman–Crippen LogP) is 3.11. The average Bonchev–Trinajstić information content (AvgIpc) is 3.23. The molecular formula is C18H16ClN5O. The van der Waals surface area contributed by atoms with Gasteiger partial charge in [-0.2, -0.15) is 0 Å². The van der Waals surface area contributed by atoms with Crippen LogP contribution >= 0.6 is 11.6 Å². The molecule has 126 valence electrons. The number of amides is 1. The summed E-state index contributed by atoms with van der Waals surface area (Å²) in [5.41, 5.74) is 1.62. The summed E-state index contributed by atoms with van der Waals surface area (Å²) < 4.78 is 1.73. The van der Waals surface area contributed by atoms with Crippen molar-refractivity contribution in [2.45, 2.75) is 19.4 Å². The van der Waals surface area contributed by atoms with Crippen molar-refractivity contribution in [1.29, 1.82) is 0 Å². The van der Waals surface area contributed by atoms with E-state index in [2.05, 4.69) is 15.1 Å². The van der Waals surface area contributed by atoms with E-state index in [0.29, 0.717) is 29.6 Å². The lowest BCUT2D eigenvalue weighted by Gasteiger charge is -2.15. The van der Waals surface area contributed by atoms with Gasteiger partial charge in [-0.25, -0.2) is 9.67 Å². The normalized spacial score (nSPS) is 14.3. The van der Waals surface area contributed by atoms with E-state index in [1.165, 1.54) is 0 Å². The smallest absolute Gasteiger partial charge is 0.223 e. The van der Waals surface area contributed by atoms with Crippen molar-refractivity contribution in [3.05, 3.63) is 59.6 Å². The third-order valence-electron chi connectivity index (χ3n) is 4.20. The topological polar surface area (TPSA) is 63.9 Å². The number of hydrogen-bond donors (Lipinski definition) is 0. The summed E-state index contributed by atoms with van der Waals surface area (Å²) in [6, 6.07) is 11.2. The van der Waals surface area contributed by atoms with E-state index in [9.17, 15) is 4.79 Å². The zero-order valence-electron chi connectivity index (χ0n) is 13.5. The third-order valence-corrected chi connectivity index (χ3v) is 4.52. The number of likely N-dealkylation sites (tertiary alicyclic amines) is 1. The number of pyridine rings is 1. The Hall–Kier alpha value is -2.73. The lowest BCUT2D eigenvalue weighted by molar-refractivity contribution is -0.128. The van der Waals surface area contributed by atoms with Gasteiger partial charge >= 0.3 is 0 Å². The van der Waals surface area contributed by atoms with Crippen molar-refractivity contribution >= 4 is 17.5 Å². The van der Waals surface area contributed by atoms with Crippen LogP contribution in [0.5, 0.6) is 0 Å². The van der Waals surface area contributed by atoms with Gasteiger partial charge in [0, 0.05) is 30.9 Å². The highest BCUT2D eigenvalue weighted by Gasteiger charge is 2.24. The molecule has 0 unspecified atom stereocenters. The SMILES string of the molecule is O=C1CCCN1Cc1nc(-c2ccncc2)nn1-c1ccccc1Cl. The van der Waals surface area contributed by atoms with E-state index in [1.54, 1.807) is 17.1 Å². The zero-order chi connectivity index (χ0) is 17.2. The van der Waals surface area contributed by atoms with E-state index < -0.39 is 0 Å². The van der Waals surface area contributed by atoms with E-state index in [0.717, 1.165) is 24.2 Å². The van der Waals surface area contributed by atoms with Gasteiger partial charge in [0.1, 0.15) is 0 Å². The van der Waals surface area contributed by atoms with Crippen LogP contribution in [-0.4, -0.2) is 37.1 Å². The summed E-state index contributed by atoms with van der Waals surface area (Å²) in [6.45, 7) is 1.17. The largest absolute Gasteiger partial charge is 0.335 e. The number of nitrogens with zero attached hydrogens (tertiary/aromatic N) is 5. The predicted molar refractivity (Wildman–Crippen MR) is 94.3 cm³/mol. The summed E-state index contributed by atoms with van der Waals surface area (Å²) in [5.74, 6) is 1.43. The highest BCUT2D eigenvalue weighted by molar-refractivity contribution is 6.32. The molecule has 1 fully saturated rings. The molecule has 0 N–H and O–H groups in total. The van der Waals surface area contributed by atoms with E-state index in [1.807, 2.05) is 41.3 Å². The Morgan fingerprint density at radius 3 is 2.64 bits per heavy atom. The standard InChI is InChI=1S/C18H16ClN5O/c19-14-4-1-2-5-15(14)24-16(12-23-11-3-6-17(23)25)21-18(22-24)13-7-9-20-10-8-13/h1-2,4-5,7-10H,3,6,11-12H2. The first-order chi connectivity index (χ1) is 12.2. The summed E-state index contributed by atoms with van der Waals surface area (Å²) in [6.07, 6.45) is 4.89. The number of benzene rings is 1. The number of aromatic nitrogens is 4. The molecule has 0 saturated carbocycles. The Labute approximate surface area is 150 Å². The van der Waals surface area contributed by atoms with Crippen LogP contribution in [0.15, 0.2) is 48.8 Å². The lowest BCUT2D eigenvalue weighted by atomic mass is 10.2. The molecule has 6 nitrogen and oxygen atoms in total. The fraction of sp³-hybridized carbons (Fsp3) is 0.222. The molecule has 1 aliphatic heterocycles. The molecule has 1 aliphatic rings. The van der Waals surface area contributed by atoms with Crippen LogP contribution in [-0.2, 0) is 11.3 Å². The minimum Gasteiger partial charge on any atom is -0.335 e. The Bertz CT molecular complexity index is 909. The van der Waals surface area contributed by atoms with Gasteiger partial charge < -0.3 is 4.90 Å². The molecule has 4 rings (SSSR count). The average molecular weight is 354 g/mol. The van der Waals surface area contributed by atoms with Gasteiger partial charge in [-0.05, 0) is 30.7 Å². The van der Waals surface area contributed by atoms with Crippen LogP contribution in [0.2, 0.25) is 5.02 Å². The number of hydrogen-bond acceptors (Lipinski definition) is 4. The Morgan fingerprint density at radius 2 is 1.92 bits per heavy atom. The molecule has 1 saturated heterocycles. The summed E-state index contributed by atoms with van der Waals surface area (Å²) >= 11 is 6.35. The molecular weight excluding hydrogens is 338 g/mol. The van der Waals surface area contributed by atoms with Crippen LogP contribution < -0.4 is 0 Å². The van der Waals surface area contributed by atoms with Gasteiger partial charge in [-0.1, -0.05) is 23.7 Å². The minimum atomic E-state index is 0.152. The molecule has 0 bridgehead atoms. The summed E-state index contributed by atoms with van der Waals surface area (Å²) in [5, 5.41) is 5.22. The molecule has 0 aliphatic carbocycles. The molecule has 3 aromatic rings. The van der Waals surface area contributed by atoms with E-state index in [-0.39, 0.29) is 5.91 Å². The Morgan fingerprint density at radius 1 is 1.12 bits per heavy atom. The maximum Gasteiger partial charge on any atom is 0.223 e. The molecule has 3 heterocycles. The number of para-hydroxylation sites is 1. The van der Waals surface area contributed by atoms with Gasteiger partial charge in [0.15, 0.2) is 11.6 Å². The molecule has 0 spiro atoms. The summed E-state index contributed by atoms with van der Waals surface area (Å²) in [4.78, 5) is 22.5. The third kappa shape index (κ3) is 3.13. The van der Waals surface area contributed by atoms with Crippen molar-refractivity contribution in [1.82, 2.24) is 24.6 Å². The van der Waals surface area contributed by atoms with Crippen molar-refractivity contribution in [3.8, 4) is 17.1 Å². The molecule has 1 aromatic carbocycles. The molecule has 0 atom stereocenters. The van der Waals surface area contributed by atoms with Crippen molar-refractivity contribution in [3.63, 3.8) is 0 Å². The summed E-state index contributed by atoms with van der Waals surface area (Å²) in [7, 11) is 0. The quantitative estimate of drug-likeness (QED) is 0.723. The molecule has 1 amide bonds. The zero-order valence-corrected chi connectivity index (χ0v) is 14.2. The first-order valence-electron chi connectivity index (χ1n) is 8.11. The second kappa shape index (κ2) is 6.64. The van der Waals surface area contributed by atoms with Gasteiger partial charge in [-0.3, -0.25) is 9.78 Å². The molecule has 2 aromatic heterocycles. The van der Waals surface area contributed by atoms with Gasteiger partial charge in [-0.15, -0.1) is 5.10 Å². The molecule has 7 heteroatoms. The second-order valence-electron chi connectivity index (χ2n) is 5.87. The fourth-order valence-corrected chi connectivity index (χ4v) is 3.14. The van der Waals surface area contributed by atoms with Crippen LogP contribution in [0.4, 0.5) is 0 Å². The Balaban J connectivity index is 1.79. The number of halogens is 1. The van der Waals surface area contributed by atoms with Crippen LogP contribution in [0, 0.1) is 0 Å². The maximum atomic E-state index is 12.0. The second-order valence-corrected chi connectivity index (χ2v) is 6.28. The van der Waals surface area contributed by atoms with Gasteiger partial charge in [0.25, 0.3) is 0 Å². The number of carbonyl (C=O) groups excluding carboxylic acids is 1. The maximum absolute atomic E-state index is 12.0. The first kappa shape index (κ1) is 15.8. The number of rotatable bonds is 4. The van der Waals surface area contributed by atoms with Gasteiger partial charge in [0.05, 0.1) is 17.3 Å². The minimum absolute atomic E-state index is 0.152. The molecule has 0 radical (unpaired) electrons. The molecule has 25 heavy (non-hydrogen) atoms. The highest BCUT2D eigenvalue weighted by Crippen LogP contribution is 2.24. The lowest BCUT2D eigenvalue weighted by Crippen LogP contribution is -2.25. The van der Waals surface area contributed by atoms with Gasteiger partial charge in [0.2, 0.25) is 5.91 Å². The highest BCUT2D eigenvalue weighted by atomic mass is 35.5. The van der Waals surface area contributed by atoms with Crippen LogP contribution in [0.25, 0.3) is 17.1 Å². The van der Waals surface area contributed by atoms with Crippen molar-refractivity contribution in [2.24, 2.45) is 0 Å². The first-order valence-corrected chi connectivity index (χ1v) is 8.49. The van der Waals surface area contributed by atoms with Crippen molar-refractivity contribution < 1.29 is 4.79 Å². The van der Waals surface area contributed by atoms with Crippen LogP contribution in [0.1, 0.15) is 18.7 Å². The van der Waals surface area contributed by atoms with E-state index >= 15 is 0 Å². The monoisotopic (exact) mass is 353 g/mol. The number of carbonyl (C=O) groups is 1. The van der Waals surface area contributed by atoms with E-state index in [4.69, 9.17) is 11.6 Å². The fourth-order valence-electron chi connectivity index (χ4n) is 2.93.